The molecule has 0 spiro atoms. The molecule has 0 aromatic heterocycles. The molecule has 0 aliphatic carbocycles. The van der Waals surface area contributed by atoms with Gasteiger partial charge in [0.15, 0.2) is 0 Å². The molecule has 2 nitrogen and oxygen atoms in total. The van der Waals surface area contributed by atoms with Gasteiger partial charge in [0, 0.05) is 4.90 Å². The lowest BCUT2D eigenvalue weighted by atomic mass is 10.1. The van der Waals surface area contributed by atoms with Crippen molar-refractivity contribution in [1.82, 2.24) is 5.32 Å². The molecule has 1 N–H and O–H groups in total. The van der Waals surface area contributed by atoms with E-state index in [-0.39, 0.29) is 5.37 Å². The molecule has 0 saturated heterocycles. The lowest BCUT2D eigenvalue weighted by molar-refractivity contribution is 0.645. The summed E-state index contributed by atoms with van der Waals surface area (Å²) in [6, 6.07) is 12.4. The monoisotopic (exact) mass is 271 g/mol. The van der Waals surface area contributed by atoms with Crippen LogP contribution in [0.5, 0.6) is 0 Å². The molecule has 98 valence electrons. The lowest BCUT2D eigenvalue weighted by Gasteiger charge is -2.20. The maximum atomic E-state index is 12.6. The molecule has 0 amide bonds. The Morgan fingerprint density at radius 2 is 1.95 bits per heavy atom. The highest BCUT2D eigenvalue weighted by molar-refractivity contribution is 7.86. The van der Waals surface area contributed by atoms with E-state index in [0.717, 1.165) is 28.8 Å². The van der Waals surface area contributed by atoms with Crippen LogP contribution in [0.15, 0.2) is 47.4 Å². The van der Waals surface area contributed by atoms with E-state index in [2.05, 4.69) is 42.6 Å². The van der Waals surface area contributed by atoms with Crippen molar-refractivity contribution in [3.8, 4) is 0 Å². The summed E-state index contributed by atoms with van der Waals surface area (Å²) in [6.45, 7) is 3.01. The van der Waals surface area contributed by atoms with Crippen LogP contribution in [0.3, 0.4) is 0 Å². The zero-order chi connectivity index (χ0) is 13.2. The molecule has 19 heavy (non-hydrogen) atoms. The first kappa shape index (κ1) is 12.6. The van der Waals surface area contributed by atoms with Gasteiger partial charge in [-0.2, -0.15) is 0 Å². The Balaban J connectivity index is 2.03. The second-order valence-corrected chi connectivity index (χ2v) is 6.31. The number of hydrogen-bond acceptors (Lipinski definition) is 2. The molecule has 0 fully saturated rings. The van der Waals surface area contributed by atoms with Gasteiger partial charge in [0.1, 0.15) is 5.37 Å². The first-order valence-corrected chi connectivity index (χ1v) is 7.86. The Hall–Kier alpha value is -1.45. The average molecular weight is 271 g/mol. The molecule has 2 unspecified atom stereocenters. The highest BCUT2D eigenvalue weighted by Gasteiger charge is 2.21. The predicted molar refractivity (Wildman–Crippen MR) is 81.5 cm³/mol. The van der Waals surface area contributed by atoms with Gasteiger partial charge in [-0.05, 0) is 41.4 Å². The van der Waals surface area contributed by atoms with Gasteiger partial charge in [-0.15, -0.1) is 0 Å². The summed E-state index contributed by atoms with van der Waals surface area (Å²) in [6.07, 6.45) is 5.14. The van der Waals surface area contributed by atoms with Crippen LogP contribution in [0.4, 0.5) is 0 Å². The van der Waals surface area contributed by atoms with Crippen molar-refractivity contribution in [2.75, 3.05) is 6.54 Å². The number of rotatable bonds is 3. The van der Waals surface area contributed by atoms with Crippen molar-refractivity contribution < 1.29 is 4.21 Å². The third kappa shape index (κ3) is 2.36. The minimum Gasteiger partial charge on any atom is -0.300 e. The van der Waals surface area contributed by atoms with Gasteiger partial charge in [-0.1, -0.05) is 43.3 Å². The minimum atomic E-state index is -1.01. The molecule has 2 aromatic carbocycles. The van der Waals surface area contributed by atoms with E-state index < -0.39 is 10.8 Å². The SMILES string of the molecule is CCCNC1C=Cc2cc3ccccc3cc2S1=O. The van der Waals surface area contributed by atoms with Gasteiger partial charge in [-0.25, -0.2) is 0 Å². The van der Waals surface area contributed by atoms with Crippen LogP contribution in [0, 0.1) is 0 Å². The van der Waals surface area contributed by atoms with Crippen molar-refractivity contribution in [3.63, 3.8) is 0 Å². The van der Waals surface area contributed by atoms with E-state index in [1.807, 2.05) is 18.2 Å². The average Bonchev–Trinajstić information content (AvgIpc) is 2.45. The van der Waals surface area contributed by atoms with Gasteiger partial charge in [0.2, 0.25) is 0 Å². The number of nitrogens with one attached hydrogen (secondary N) is 1. The first-order valence-electron chi connectivity index (χ1n) is 6.64. The molecule has 1 aliphatic rings. The van der Waals surface area contributed by atoms with E-state index in [0.29, 0.717) is 0 Å². The summed E-state index contributed by atoms with van der Waals surface area (Å²) in [5.41, 5.74) is 1.08. The fourth-order valence-corrected chi connectivity index (χ4v) is 3.74. The number of benzene rings is 2. The second kappa shape index (κ2) is 5.27. The van der Waals surface area contributed by atoms with Crippen LogP contribution in [0.1, 0.15) is 18.9 Å². The first-order chi connectivity index (χ1) is 9.29. The fourth-order valence-electron chi connectivity index (χ4n) is 2.37. The summed E-state index contributed by atoms with van der Waals surface area (Å²) >= 11 is 0. The molecule has 3 heteroatoms. The third-order valence-electron chi connectivity index (χ3n) is 3.37. The predicted octanol–water partition coefficient (Wildman–Crippen LogP) is 3.30. The van der Waals surface area contributed by atoms with Crippen LogP contribution >= 0.6 is 0 Å². The van der Waals surface area contributed by atoms with Gasteiger partial charge in [-0.3, -0.25) is 9.53 Å². The van der Waals surface area contributed by atoms with Crippen LogP contribution in [-0.2, 0) is 10.8 Å². The molecule has 0 radical (unpaired) electrons. The summed E-state index contributed by atoms with van der Waals surface area (Å²) in [5.74, 6) is 0. The van der Waals surface area contributed by atoms with Crippen molar-refractivity contribution in [3.05, 3.63) is 48.0 Å². The summed E-state index contributed by atoms with van der Waals surface area (Å²) in [7, 11) is -1.01. The van der Waals surface area contributed by atoms with Crippen LogP contribution in [-0.4, -0.2) is 16.1 Å². The molecule has 2 atom stereocenters. The minimum absolute atomic E-state index is 0.0615. The Bertz CT molecular complexity index is 663. The Kier molecular flexibility index (Phi) is 3.49. The summed E-state index contributed by atoms with van der Waals surface area (Å²) in [4.78, 5) is 0.940. The smallest absolute Gasteiger partial charge is 0.107 e. The van der Waals surface area contributed by atoms with Crippen molar-refractivity contribution >= 4 is 27.6 Å². The molecule has 1 heterocycles. The Morgan fingerprint density at radius 3 is 2.68 bits per heavy atom. The van der Waals surface area contributed by atoms with Gasteiger partial charge < -0.3 is 0 Å². The van der Waals surface area contributed by atoms with Crippen molar-refractivity contribution in [2.24, 2.45) is 0 Å². The van der Waals surface area contributed by atoms with Gasteiger partial charge in [0.05, 0.1) is 10.8 Å². The Morgan fingerprint density at radius 1 is 1.21 bits per heavy atom. The van der Waals surface area contributed by atoms with E-state index in [4.69, 9.17) is 0 Å². The van der Waals surface area contributed by atoms with E-state index in [1.54, 1.807) is 0 Å². The van der Waals surface area contributed by atoms with Crippen molar-refractivity contribution in [2.45, 2.75) is 23.6 Å². The third-order valence-corrected chi connectivity index (χ3v) is 4.94. The van der Waals surface area contributed by atoms with E-state index in [9.17, 15) is 4.21 Å². The Labute approximate surface area is 116 Å². The van der Waals surface area contributed by atoms with Crippen LogP contribution < -0.4 is 5.32 Å². The van der Waals surface area contributed by atoms with Crippen LogP contribution in [0.2, 0.25) is 0 Å². The van der Waals surface area contributed by atoms with E-state index >= 15 is 0 Å². The number of fused-ring (bicyclic) bond motifs is 2. The number of hydrogen-bond donors (Lipinski definition) is 1. The molecule has 0 bridgehead atoms. The standard InChI is InChI=1S/C16H17NOS/c1-2-9-17-16-8-7-14-10-12-5-3-4-6-13(12)11-15(14)19(16)18/h3-8,10-11,16-17H,2,9H2,1H3. The van der Waals surface area contributed by atoms with Crippen molar-refractivity contribution in [1.29, 1.82) is 0 Å². The highest BCUT2D eigenvalue weighted by atomic mass is 32.2. The largest absolute Gasteiger partial charge is 0.300 e. The zero-order valence-electron chi connectivity index (χ0n) is 10.9. The zero-order valence-corrected chi connectivity index (χ0v) is 11.7. The molecule has 3 rings (SSSR count). The molecule has 1 aliphatic heterocycles. The summed E-state index contributed by atoms with van der Waals surface area (Å²) < 4.78 is 12.6. The molecular weight excluding hydrogens is 254 g/mol. The van der Waals surface area contributed by atoms with E-state index in [1.165, 1.54) is 5.39 Å². The maximum Gasteiger partial charge on any atom is 0.107 e. The fraction of sp³-hybridized carbons (Fsp3) is 0.250. The van der Waals surface area contributed by atoms with Gasteiger partial charge in [0.25, 0.3) is 0 Å². The highest BCUT2D eigenvalue weighted by Crippen LogP contribution is 2.28. The lowest BCUT2D eigenvalue weighted by Crippen LogP contribution is -2.33. The molecule has 2 aromatic rings. The molecular formula is C16H17NOS. The topological polar surface area (TPSA) is 29.1 Å². The summed E-state index contributed by atoms with van der Waals surface area (Å²) in [5, 5.41) is 5.61. The maximum absolute atomic E-state index is 12.6. The normalized spacial score (nSPS) is 21.5. The second-order valence-electron chi connectivity index (χ2n) is 4.77. The van der Waals surface area contributed by atoms with Gasteiger partial charge >= 0.3 is 0 Å². The molecule has 0 saturated carbocycles. The van der Waals surface area contributed by atoms with Crippen LogP contribution in [0.25, 0.3) is 16.8 Å². The quantitative estimate of drug-likeness (QED) is 0.928.